The van der Waals surface area contributed by atoms with Gasteiger partial charge in [0.25, 0.3) is 5.91 Å². The van der Waals surface area contributed by atoms with Crippen molar-refractivity contribution in [3.05, 3.63) is 69.2 Å². The van der Waals surface area contributed by atoms with Crippen LogP contribution in [0.25, 0.3) is 6.08 Å². The number of ether oxygens (including phenoxy) is 1. The Labute approximate surface area is 174 Å². The van der Waals surface area contributed by atoms with E-state index in [2.05, 4.69) is 15.9 Å². The first-order chi connectivity index (χ1) is 13.8. The number of rotatable bonds is 6. The normalized spacial score (nSPS) is 12.2. The number of ketones is 1. The van der Waals surface area contributed by atoms with E-state index in [1.54, 1.807) is 0 Å². The Morgan fingerprint density at radius 1 is 0.967 bits per heavy atom. The first-order valence-corrected chi connectivity index (χ1v) is 8.79. The molecule has 30 heavy (non-hydrogen) atoms. The van der Waals surface area contributed by atoms with E-state index in [9.17, 15) is 35.9 Å². The fraction of sp³-hybridized carbons (Fsp3) is 0.158. The zero-order chi connectivity index (χ0) is 22.7. The molecule has 2 N–H and O–H groups in total. The summed E-state index contributed by atoms with van der Waals surface area (Å²) in [6, 6.07) is 5.13. The molecule has 0 aliphatic rings. The van der Waals surface area contributed by atoms with Gasteiger partial charge in [-0.25, -0.2) is 0 Å². The zero-order valence-electron chi connectivity index (χ0n) is 14.8. The van der Waals surface area contributed by atoms with E-state index in [0.29, 0.717) is 16.6 Å². The summed E-state index contributed by atoms with van der Waals surface area (Å²) in [4.78, 5) is 23.3. The molecule has 4 nitrogen and oxygen atoms in total. The summed E-state index contributed by atoms with van der Waals surface area (Å²) in [6.45, 7) is -0.534. The Balaban J connectivity index is 2.41. The summed E-state index contributed by atoms with van der Waals surface area (Å²) < 4.78 is 83.1. The largest absolute Gasteiger partial charge is 0.483 e. The highest BCUT2D eigenvalue weighted by molar-refractivity contribution is 9.10. The van der Waals surface area contributed by atoms with Gasteiger partial charge < -0.3 is 10.5 Å². The molecule has 0 fully saturated rings. The number of hydrogen-bond acceptors (Lipinski definition) is 3. The van der Waals surface area contributed by atoms with Crippen molar-refractivity contribution in [2.24, 2.45) is 5.73 Å². The second-order valence-corrected chi connectivity index (χ2v) is 6.85. The number of halogens is 7. The molecule has 2 rings (SSSR count). The van der Waals surface area contributed by atoms with Crippen LogP contribution >= 0.6 is 15.9 Å². The molecule has 0 saturated carbocycles. The number of allylic oxidation sites excluding steroid dienone is 1. The van der Waals surface area contributed by atoms with Crippen LogP contribution in [0, 0.1) is 0 Å². The van der Waals surface area contributed by atoms with Crippen molar-refractivity contribution in [3.8, 4) is 5.75 Å². The highest BCUT2D eigenvalue weighted by Crippen LogP contribution is 2.36. The molecule has 0 aromatic heterocycles. The fourth-order valence-corrected chi connectivity index (χ4v) is 2.67. The third kappa shape index (κ3) is 6.34. The molecule has 160 valence electrons. The third-order valence-electron chi connectivity index (χ3n) is 3.61. The number of carbonyl (C=O) groups excluding carboxylic acids is 2. The predicted molar refractivity (Wildman–Crippen MR) is 98.6 cm³/mol. The van der Waals surface area contributed by atoms with Gasteiger partial charge in [0, 0.05) is 4.47 Å². The van der Waals surface area contributed by atoms with E-state index in [1.165, 1.54) is 18.2 Å². The number of primary amides is 1. The molecular formula is C19H12BrF6NO3. The van der Waals surface area contributed by atoms with Crippen LogP contribution in [-0.2, 0) is 17.1 Å². The van der Waals surface area contributed by atoms with Crippen LogP contribution in [0.2, 0.25) is 0 Å². The van der Waals surface area contributed by atoms with E-state index < -0.39 is 47.3 Å². The van der Waals surface area contributed by atoms with Crippen LogP contribution in [0.5, 0.6) is 5.75 Å². The summed E-state index contributed by atoms with van der Waals surface area (Å²) in [7, 11) is 0. The molecule has 0 heterocycles. The SMILES string of the molecule is NC(=O)COc1ccc(Br)cc1C(=O)C=Cc1cc(C(F)(F)F)cc(C(F)(F)F)c1. The minimum absolute atomic E-state index is 0.0107. The first-order valence-electron chi connectivity index (χ1n) is 8.00. The molecule has 0 spiro atoms. The molecule has 2 aromatic carbocycles. The van der Waals surface area contributed by atoms with Gasteiger partial charge >= 0.3 is 12.4 Å². The molecule has 0 unspecified atom stereocenters. The Morgan fingerprint density at radius 3 is 2.03 bits per heavy atom. The third-order valence-corrected chi connectivity index (χ3v) is 4.11. The van der Waals surface area contributed by atoms with Crippen molar-refractivity contribution in [1.29, 1.82) is 0 Å². The highest BCUT2D eigenvalue weighted by atomic mass is 79.9. The Kier molecular flexibility index (Phi) is 6.96. The number of carbonyl (C=O) groups is 2. The van der Waals surface area contributed by atoms with Crippen LogP contribution in [0.3, 0.4) is 0 Å². The summed E-state index contributed by atoms with van der Waals surface area (Å²) in [5.74, 6) is -1.62. The number of nitrogens with two attached hydrogens (primary N) is 1. The topological polar surface area (TPSA) is 69.4 Å². The predicted octanol–water partition coefficient (Wildman–Crippen LogP) is 5.25. The van der Waals surface area contributed by atoms with Crippen molar-refractivity contribution >= 4 is 33.7 Å². The number of hydrogen-bond donors (Lipinski definition) is 1. The summed E-state index contributed by atoms with van der Waals surface area (Å²) in [6.07, 6.45) is -8.39. The second-order valence-electron chi connectivity index (χ2n) is 5.93. The lowest BCUT2D eigenvalue weighted by Gasteiger charge is -2.13. The monoisotopic (exact) mass is 495 g/mol. The van der Waals surface area contributed by atoms with Crippen molar-refractivity contribution in [2.75, 3.05) is 6.61 Å². The molecule has 11 heteroatoms. The van der Waals surface area contributed by atoms with Gasteiger partial charge in [-0.05, 0) is 48.0 Å². The van der Waals surface area contributed by atoms with Gasteiger partial charge in [0.15, 0.2) is 12.4 Å². The molecule has 0 radical (unpaired) electrons. The van der Waals surface area contributed by atoms with E-state index >= 15 is 0 Å². The fourth-order valence-electron chi connectivity index (χ4n) is 2.31. The summed E-state index contributed by atoms with van der Waals surface area (Å²) in [5.41, 5.74) is 1.42. The number of alkyl halides is 6. The minimum atomic E-state index is -5.01. The van der Waals surface area contributed by atoms with Crippen LogP contribution < -0.4 is 10.5 Å². The van der Waals surface area contributed by atoms with Crippen LogP contribution in [0.15, 0.2) is 46.9 Å². The molecule has 0 atom stereocenters. The van der Waals surface area contributed by atoms with Gasteiger partial charge in [-0.3, -0.25) is 9.59 Å². The average Bonchev–Trinajstić information content (AvgIpc) is 2.63. The molecule has 0 aliphatic carbocycles. The number of amides is 1. The molecule has 0 saturated heterocycles. The zero-order valence-corrected chi connectivity index (χ0v) is 16.4. The van der Waals surface area contributed by atoms with Crippen LogP contribution in [-0.4, -0.2) is 18.3 Å². The lowest BCUT2D eigenvalue weighted by molar-refractivity contribution is -0.143. The van der Waals surface area contributed by atoms with E-state index in [1.807, 2.05) is 0 Å². The first kappa shape index (κ1) is 23.5. The average molecular weight is 496 g/mol. The van der Waals surface area contributed by atoms with E-state index in [0.717, 1.165) is 12.2 Å². The summed E-state index contributed by atoms with van der Waals surface area (Å²) >= 11 is 3.13. The van der Waals surface area contributed by atoms with Crippen molar-refractivity contribution in [1.82, 2.24) is 0 Å². The van der Waals surface area contributed by atoms with Gasteiger partial charge in [0.1, 0.15) is 5.75 Å². The highest BCUT2D eigenvalue weighted by Gasteiger charge is 2.36. The lowest BCUT2D eigenvalue weighted by Crippen LogP contribution is -2.20. The van der Waals surface area contributed by atoms with E-state index in [4.69, 9.17) is 10.5 Å². The number of benzene rings is 2. The van der Waals surface area contributed by atoms with Crippen molar-refractivity contribution in [3.63, 3.8) is 0 Å². The Hall–Kier alpha value is -2.82. The molecular weight excluding hydrogens is 484 g/mol. The van der Waals surface area contributed by atoms with Gasteiger partial charge in [-0.2, -0.15) is 26.3 Å². The maximum atomic E-state index is 12.9. The maximum Gasteiger partial charge on any atom is 0.416 e. The summed E-state index contributed by atoms with van der Waals surface area (Å²) in [5, 5.41) is 0. The molecule has 1 amide bonds. The Morgan fingerprint density at radius 2 is 1.53 bits per heavy atom. The van der Waals surface area contributed by atoms with Crippen molar-refractivity contribution < 1.29 is 40.7 Å². The minimum Gasteiger partial charge on any atom is -0.483 e. The van der Waals surface area contributed by atoms with Gasteiger partial charge in [-0.1, -0.05) is 22.0 Å². The van der Waals surface area contributed by atoms with E-state index in [-0.39, 0.29) is 17.4 Å². The second kappa shape index (κ2) is 8.90. The quantitative estimate of drug-likeness (QED) is 0.338. The molecule has 2 aromatic rings. The molecule has 0 aliphatic heterocycles. The molecule has 0 bridgehead atoms. The van der Waals surface area contributed by atoms with Gasteiger partial charge in [-0.15, -0.1) is 0 Å². The van der Waals surface area contributed by atoms with Crippen molar-refractivity contribution in [2.45, 2.75) is 12.4 Å². The van der Waals surface area contributed by atoms with Gasteiger partial charge in [0.2, 0.25) is 0 Å². The standard InChI is InChI=1S/C19H12BrF6NO3/c20-13-2-4-16(30-9-17(27)29)14(8-13)15(28)3-1-10-5-11(18(21,22)23)7-12(6-10)19(24,25)26/h1-8H,9H2,(H2,27,29). The smallest absolute Gasteiger partial charge is 0.416 e. The maximum absolute atomic E-state index is 12.9. The lowest BCUT2D eigenvalue weighted by atomic mass is 10.0. The van der Waals surface area contributed by atoms with Crippen LogP contribution in [0.4, 0.5) is 26.3 Å². The van der Waals surface area contributed by atoms with Gasteiger partial charge in [0.05, 0.1) is 16.7 Å². The van der Waals surface area contributed by atoms with Crippen LogP contribution in [0.1, 0.15) is 27.0 Å². The Bertz CT molecular complexity index is 966.